The topological polar surface area (TPSA) is 95.8 Å². The van der Waals surface area contributed by atoms with Crippen molar-refractivity contribution in [1.29, 1.82) is 0 Å². The molecular formula is C17H28N4O4S. The van der Waals surface area contributed by atoms with Crippen molar-refractivity contribution >= 4 is 21.4 Å². The lowest BCUT2D eigenvalue weighted by Gasteiger charge is -2.34. The number of hydrogen-bond donors (Lipinski definition) is 1. The van der Waals surface area contributed by atoms with Gasteiger partial charge in [0.1, 0.15) is 5.69 Å². The van der Waals surface area contributed by atoms with Crippen molar-refractivity contribution in [2.24, 2.45) is 11.8 Å². The molecule has 2 rings (SSSR count). The van der Waals surface area contributed by atoms with Crippen LogP contribution >= 0.6 is 0 Å². The zero-order valence-corrected chi connectivity index (χ0v) is 16.6. The third kappa shape index (κ3) is 4.93. The van der Waals surface area contributed by atoms with E-state index >= 15 is 0 Å². The summed E-state index contributed by atoms with van der Waals surface area (Å²) in [5, 5.41) is 14.4. The molecule has 26 heavy (non-hydrogen) atoms. The van der Waals surface area contributed by atoms with Crippen LogP contribution in [0.15, 0.2) is 23.1 Å². The Morgan fingerprint density at radius 2 is 1.88 bits per heavy atom. The maximum atomic E-state index is 12.9. The summed E-state index contributed by atoms with van der Waals surface area (Å²) in [7, 11) is 0.0765. The number of nitrogens with one attached hydrogen (secondary N) is 1. The first-order valence-corrected chi connectivity index (χ1v) is 10.2. The van der Waals surface area contributed by atoms with E-state index in [-0.39, 0.29) is 22.4 Å². The Morgan fingerprint density at radius 3 is 2.42 bits per heavy atom. The molecular weight excluding hydrogens is 356 g/mol. The number of rotatable bonds is 7. The van der Waals surface area contributed by atoms with E-state index in [1.165, 1.54) is 16.4 Å². The number of sulfonamides is 1. The summed E-state index contributed by atoms with van der Waals surface area (Å²) >= 11 is 0. The van der Waals surface area contributed by atoms with E-state index < -0.39 is 14.9 Å². The molecule has 0 amide bonds. The number of hydrogen-bond acceptors (Lipinski definition) is 6. The predicted molar refractivity (Wildman–Crippen MR) is 102 cm³/mol. The minimum atomic E-state index is -3.74. The van der Waals surface area contributed by atoms with Gasteiger partial charge in [0.2, 0.25) is 10.0 Å². The van der Waals surface area contributed by atoms with Crippen LogP contribution in [0, 0.1) is 22.0 Å². The number of nitrogens with zero attached hydrogens (tertiary/aromatic N) is 3. The van der Waals surface area contributed by atoms with Gasteiger partial charge in [0.25, 0.3) is 5.69 Å². The summed E-state index contributed by atoms with van der Waals surface area (Å²) < 4.78 is 27.3. The average Bonchev–Trinajstić information content (AvgIpc) is 2.53. The van der Waals surface area contributed by atoms with Crippen LogP contribution in [0.3, 0.4) is 0 Å². The number of anilines is 1. The standard InChI is InChI=1S/C17H28N4O4S/c1-13-9-14(2)12-20(11-13)26(24,25)15-5-6-16(17(10-15)21(22)23)18-7-8-19(3)4/h5-6,10,13-14,18H,7-9,11-12H2,1-4H3/t13-,14-/m0/s1. The SMILES string of the molecule is C[C@H]1C[C@H](C)CN(S(=O)(=O)c2ccc(NCCN(C)C)c([N+](=O)[O-])c2)C1. The maximum Gasteiger partial charge on any atom is 0.293 e. The molecule has 1 aromatic carbocycles. The average molecular weight is 385 g/mol. The molecule has 1 aliphatic rings. The summed E-state index contributed by atoms with van der Waals surface area (Å²) in [5.74, 6) is 0.547. The second-order valence-electron chi connectivity index (χ2n) is 7.43. The third-order valence-electron chi connectivity index (χ3n) is 4.51. The van der Waals surface area contributed by atoms with Crippen molar-refractivity contribution < 1.29 is 13.3 Å². The van der Waals surface area contributed by atoms with Crippen molar-refractivity contribution in [3.63, 3.8) is 0 Å². The van der Waals surface area contributed by atoms with Gasteiger partial charge in [-0.25, -0.2) is 8.42 Å². The highest BCUT2D eigenvalue weighted by Crippen LogP contribution is 2.31. The minimum Gasteiger partial charge on any atom is -0.378 e. The van der Waals surface area contributed by atoms with Gasteiger partial charge in [-0.1, -0.05) is 13.8 Å². The van der Waals surface area contributed by atoms with E-state index in [0.717, 1.165) is 12.5 Å². The van der Waals surface area contributed by atoms with Gasteiger partial charge in [-0.05, 0) is 44.5 Å². The smallest absolute Gasteiger partial charge is 0.293 e. The van der Waals surface area contributed by atoms with Crippen LogP contribution < -0.4 is 5.32 Å². The molecule has 1 aliphatic heterocycles. The van der Waals surface area contributed by atoms with Crippen LogP contribution in [0.25, 0.3) is 0 Å². The normalized spacial score (nSPS) is 21.7. The summed E-state index contributed by atoms with van der Waals surface area (Å²) in [6.45, 7) is 6.19. The van der Waals surface area contributed by atoms with E-state index in [1.807, 2.05) is 32.8 Å². The molecule has 1 heterocycles. The lowest BCUT2D eigenvalue weighted by Crippen LogP contribution is -2.42. The van der Waals surface area contributed by atoms with Gasteiger partial charge in [0.15, 0.2) is 0 Å². The first kappa shape index (κ1) is 20.6. The van der Waals surface area contributed by atoms with Gasteiger partial charge >= 0.3 is 0 Å². The zero-order chi connectivity index (χ0) is 19.5. The maximum absolute atomic E-state index is 12.9. The molecule has 1 fully saturated rings. The quantitative estimate of drug-likeness (QED) is 0.572. The molecule has 0 aliphatic carbocycles. The Bertz CT molecular complexity index is 741. The molecule has 0 unspecified atom stereocenters. The highest BCUT2D eigenvalue weighted by Gasteiger charge is 2.33. The highest BCUT2D eigenvalue weighted by molar-refractivity contribution is 7.89. The Labute approximate surface area is 155 Å². The van der Waals surface area contributed by atoms with Gasteiger partial charge in [-0.15, -0.1) is 0 Å². The molecule has 2 atom stereocenters. The largest absolute Gasteiger partial charge is 0.378 e. The van der Waals surface area contributed by atoms with Gasteiger partial charge < -0.3 is 10.2 Å². The fourth-order valence-corrected chi connectivity index (χ4v) is 5.04. The number of nitro groups is 1. The molecule has 9 heteroatoms. The van der Waals surface area contributed by atoms with Gasteiger partial charge in [-0.3, -0.25) is 10.1 Å². The van der Waals surface area contributed by atoms with Crippen LogP contribution in [-0.4, -0.2) is 62.8 Å². The van der Waals surface area contributed by atoms with Crippen LogP contribution in [0.5, 0.6) is 0 Å². The summed E-state index contributed by atoms with van der Waals surface area (Å²) in [6.07, 6.45) is 0.987. The van der Waals surface area contributed by atoms with E-state index in [2.05, 4.69) is 5.32 Å². The number of benzene rings is 1. The van der Waals surface area contributed by atoms with Crippen molar-refractivity contribution in [3.05, 3.63) is 28.3 Å². The molecule has 1 saturated heterocycles. The summed E-state index contributed by atoms with van der Waals surface area (Å²) in [4.78, 5) is 12.8. The van der Waals surface area contributed by atoms with Crippen molar-refractivity contribution in [1.82, 2.24) is 9.21 Å². The molecule has 0 bridgehead atoms. The Hall–Kier alpha value is -1.71. The molecule has 0 radical (unpaired) electrons. The Balaban J connectivity index is 2.28. The van der Waals surface area contributed by atoms with Crippen LogP contribution in [0.4, 0.5) is 11.4 Å². The molecule has 1 N–H and O–H groups in total. The Morgan fingerprint density at radius 1 is 1.27 bits per heavy atom. The fraction of sp³-hybridized carbons (Fsp3) is 0.647. The van der Waals surface area contributed by atoms with Gasteiger partial charge in [-0.2, -0.15) is 4.31 Å². The van der Waals surface area contributed by atoms with E-state index in [1.54, 1.807) is 0 Å². The van der Waals surface area contributed by atoms with E-state index in [9.17, 15) is 18.5 Å². The van der Waals surface area contributed by atoms with E-state index in [0.29, 0.717) is 31.9 Å². The van der Waals surface area contributed by atoms with Crippen LogP contribution in [-0.2, 0) is 10.0 Å². The lowest BCUT2D eigenvalue weighted by atomic mass is 9.94. The molecule has 0 saturated carbocycles. The summed E-state index contributed by atoms with van der Waals surface area (Å²) in [5.41, 5.74) is 0.110. The predicted octanol–water partition coefficient (Wildman–Crippen LogP) is 2.23. The molecule has 146 valence electrons. The Kier molecular flexibility index (Phi) is 6.59. The number of likely N-dealkylation sites (N-methyl/N-ethyl adjacent to an activating group) is 1. The van der Waals surface area contributed by atoms with Crippen molar-refractivity contribution in [3.8, 4) is 0 Å². The van der Waals surface area contributed by atoms with Crippen molar-refractivity contribution in [2.45, 2.75) is 25.2 Å². The lowest BCUT2D eigenvalue weighted by molar-refractivity contribution is -0.384. The summed E-state index contributed by atoms with van der Waals surface area (Å²) in [6, 6.07) is 4.10. The number of piperidine rings is 1. The van der Waals surface area contributed by atoms with Crippen molar-refractivity contribution in [2.75, 3.05) is 45.6 Å². The molecule has 8 nitrogen and oxygen atoms in total. The zero-order valence-electron chi connectivity index (χ0n) is 15.8. The fourth-order valence-electron chi connectivity index (χ4n) is 3.34. The monoisotopic (exact) mass is 384 g/mol. The van der Waals surface area contributed by atoms with Gasteiger partial charge in [0.05, 0.1) is 9.82 Å². The van der Waals surface area contributed by atoms with Crippen LogP contribution in [0.2, 0.25) is 0 Å². The second kappa shape index (κ2) is 8.32. The van der Waals surface area contributed by atoms with E-state index in [4.69, 9.17) is 0 Å². The third-order valence-corrected chi connectivity index (χ3v) is 6.34. The first-order chi connectivity index (χ1) is 12.1. The molecule has 0 spiro atoms. The second-order valence-corrected chi connectivity index (χ2v) is 9.37. The molecule has 1 aromatic rings. The molecule has 0 aromatic heterocycles. The van der Waals surface area contributed by atoms with Crippen LogP contribution in [0.1, 0.15) is 20.3 Å². The minimum absolute atomic E-state index is 0.0244. The number of nitro benzene ring substituents is 1. The first-order valence-electron chi connectivity index (χ1n) is 8.78. The van der Waals surface area contributed by atoms with Gasteiger partial charge in [0, 0.05) is 32.2 Å². The highest BCUT2D eigenvalue weighted by atomic mass is 32.2.